The molecule has 0 fully saturated rings. The zero-order valence-corrected chi connectivity index (χ0v) is 11.2. The first kappa shape index (κ1) is 12.7. The van der Waals surface area contributed by atoms with Gasteiger partial charge in [0.1, 0.15) is 6.61 Å². The molecule has 1 N–H and O–H groups in total. The molecule has 101 valence electrons. The topological polar surface area (TPSA) is 38.3 Å². The van der Waals surface area contributed by atoms with Crippen molar-refractivity contribution in [3.05, 3.63) is 66.1 Å². The monoisotopic (exact) mass is 266 g/mol. The summed E-state index contributed by atoms with van der Waals surface area (Å²) in [7, 11) is 0. The van der Waals surface area contributed by atoms with E-state index in [9.17, 15) is 4.79 Å². The van der Waals surface area contributed by atoms with Gasteiger partial charge in [0.2, 0.25) is 0 Å². The highest BCUT2D eigenvalue weighted by atomic mass is 16.5. The SMILES string of the molecule is [CH2]CNC(=O)OCc1cccc2c1Cc1ccccc1-2. The van der Waals surface area contributed by atoms with E-state index in [2.05, 4.69) is 42.6 Å². The maximum atomic E-state index is 11.4. The van der Waals surface area contributed by atoms with E-state index in [0.29, 0.717) is 13.2 Å². The molecule has 2 aromatic rings. The Hall–Kier alpha value is -2.29. The minimum atomic E-state index is -0.423. The van der Waals surface area contributed by atoms with Crippen LogP contribution in [0.5, 0.6) is 0 Å². The number of ether oxygens (including phenoxy) is 1. The summed E-state index contributed by atoms with van der Waals surface area (Å²) in [6.07, 6.45) is 0.482. The zero-order valence-electron chi connectivity index (χ0n) is 11.2. The van der Waals surface area contributed by atoms with Gasteiger partial charge < -0.3 is 10.1 Å². The maximum Gasteiger partial charge on any atom is 0.407 e. The molecule has 0 atom stereocenters. The first-order chi connectivity index (χ1) is 9.79. The third-order valence-corrected chi connectivity index (χ3v) is 3.58. The molecule has 0 bridgehead atoms. The van der Waals surface area contributed by atoms with Gasteiger partial charge in [-0.2, -0.15) is 0 Å². The van der Waals surface area contributed by atoms with Crippen LogP contribution in [-0.4, -0.2) is 12.6 Å². The van der Waals surface area contributed by atoms with Crippen LogP contribution in [0.25, 0.3) is 11.1 Å². The summed E-state index contributed by atoms with van der Waals surface area (Å²) in [5, 5.41) is 2.53. The second-order valence-corrected chi connectivity index (χ2v) is 4.78. The minimum absolute atomic E-state index is 0.295. The molecule has 0 saturated carbocycles. The van der Waals surface area contributed by atoms with Gasteiger partial charge in [0.15, 0.2) is 0 Å². The fourth-order valence-electron chi connectivity index (χ4n) is 2.66. The van der Waals surface area contributed by atoms with Gasteiger partial charge in [0.05, 0.1) is 0 Å². The van der Waals surface area contributed by atoms with Crippen molar-refractivity contribution < 1.29 is 9.53 Å². The third-order valence-electron chi connectivity index (χ3n) is 3.58. The molecule has 0 spiro atoms. The van der Waals surface area contributed by atoms with Crippen LogP contribution in [0.15, 0.2) is 42.5 Å². The Morgan fingerprint density at radius 2 is 1.95 bits per heavy atom. The number of amides is 1. The standard InChI is InChI=1S/C17H16NO2/c1-2-18-17(19)20-11-13-7-5-9-15-14-8-4-3-6-12(14)10-16(13)15/h3-9H,1-2,10-11H2,(H,18,19). The van der Waals surface area contributed by atoms with Gasteiger partial charge in [-0.3, -0.25) is 0 Å². The lowest BCUT2D eigenvalue weighted by Gasteiger charge is -2.09. The summed E-state index contributed by atoms with van der Waals surface area (Å²) < 4.78 is 5.20. The van der Waals surface area contributed by atoms with Crippen LogP contribution in [0.1, 0.15) is 16.7 Å². The van der Waals surface area contributed by atoms with Gasteiger partial charge in [0, 0.05) is 6.54 Å². The minimum Gasteiger partial charge on any atom is -0.445 e. The molecule has 1 aliphatic carbocycles. The second kappa shape index (κ2) is 5.37. The average molecular weight is 266 g/mol. The lowest BCUT2D eigenvalue weighted by atomic mass is 10.0. The van der Waals surface area contributed by atoms with Gasteiger partial charge in [0.25, 0.3) is 0 Å². The number of carbonyl (C=O) groups excluding carboxylic acids is 1. The van der Waals surface area contributed by atoms with Crippen molar-refractivity contribution in [3.8, 4) is 11.1 Å². The van der Waals surface area contributed by atoms with Crippen molar-refractivity contribution in [2.45, 2.75) is 13.0 Å². The van der Waals surface area contributed by atoms with E-state index in [4.69, 9.17) is 4.74 Å². The number of carbonyl (C=O) groups is 1. The molecule has 0 aliphatic heterocycles. The molecule has 1 radical (unpaired) electrons. The lowest BCUT2D eigenvalue weighted by molar-refractivity contribution is 0.140. The van der Waals surface area contributed by atoms with Gasteiger partial charge >= 0.3 is 6.09 Å². The molecular formula is C17H16NO2. The molecule has 1 amide bonds. The Kier molecular flexibility index (Phi) is 3.42. The van der Waals surface area contributed by atoms with Gasteiger partial charge in [-0.1, -0.05) is 42.5 Å². The molecule has 0 unspecified atom stereocenters. The van der Waals surface area contributed by atoms with Gasteiger partial charge in [-0.25, -0.2) is 4.79 Å². The van der Waals surface area contributed by atoms with E-state index >= 15 is 0 Å². The molecule has 2 aromatic carbocycles. The normalized spacial score (nSPS) is 11.7. The predicted octanol–water partition coefficient (Wildman–Crippen LogP) is 3.32. The number of alkyl carbamates (subject to hydrolysis) is 1. The van der Waals surface area contributed by atoms with E-state index in [-0.39, 0.29) is 0 Å². The van der Waals surface area contributed by atoms with E-state index in [1.165, 1.54) is 22.3 Å². The van der Waals surface area contributed by atoms with Crippen molar-refractivity contribution in [2.24, 2.45) is 0 Å². The quantitative estimate of drug-likeness (QED) is 0.789. The maximum absolute atomic E-state index is 11.4. The first-order valence-corrected chi connectivity index (χ1v) is 6.68. The highest BCUT2D eigenvalue weighted by Crippen LogP contribution is 2.38. The van der Waals surface area contributed by atoms with Gasteiger partial charge in [-0.05, 0) is 41.2 Å². The number of rotatable bonds is 3. The van der Waals surface area contributed by atoms with E-state index in [1.807, 2.05) is 12.1 Å². The predicted molar refractivity (Wildman–Crippen MR) is 78.2 cm³/mol. The van der Waals surface area contributed by atoms with Crippen molar-refractivity contribution >= 4 is 6.09 Å². The molecule has 0 saturated heterocycles. The summed E-state index contributed by atoms with van der Waals surface area (Å²) in [4.78, 5) is 11.4. The summed E-state index contributed by atoms with van der Waals surface area (Å²) in [5.74, 6) is 0. The number of hydrogen-bond donors (Lipinski definition) is 1. The summed E-state index contributed by atoms with van der Waals surface area (Å²) in [6.45, 7) is 4.18. The Bertz CT molecular complexity index is 649. The molecule has 0 aromatic heterocycles. The van der Waals surface area contributed by atoms with Crippen LogP contribution < -0.4 is 5.32 Å². The summed E-state index contributed by atoms with van der Waals surface area (Å²) in [5.41, 5.74) is 6.19. The third kappa shape index (κ3) is 2.27. The van der Waals surface area contributed by atoms with Crippen molar-refractivity contribution in [1.29, 1.82) is 0 Å². The van der Waals surface area contributed by atoms with E-state index < -0.39 is 6.09 Å². The molecule has 3 rings (SSSR count). The number of fused-ring (bicyclic) bond motifs is 3. The van der Waals surface area contributed by atoms with Crippen LogP contribution >= 0.6 is 0 Å². The highest BCUT2D eigenvalue weighted by Gasteiger charge is 2.20. The van der Waals surface area contributed by atoms with Crippen LogP contribution in [0, 0.1) is 6.92 Å². The fraction of sp³-hybridized carbons (Fsp3) is 0.176. The number of benzene rings is 2. The molecule has 3 nitrogen and oxygen atoms in total. The van der Waals surface area contributed by atoms with Crippen molar-refractivity contribution in [1.82, 2.24) is 5.32 Å². The first-order valence-electron chi connectivity index (χ1n) is 6.68. The van der Waals surface area contributed by atoms with Crippen LogP contribution in [0.2, 0.25) is 0 Å². The van der Waals surface area contributed by atoms with Gasteiger partial charge in [-0.15, -0.1) is 0 Å². The largest absolute Gasteiger partial charge is 0.445 e. The number of nitrogens with one attached hydrogen (secondary N) is 1. The smallest absolute Gasteiger partial charge is 0.407 e. The van der Waals surface area contributed by atoms with Crippen LogP contribution in [0.4, 0.5) is 4.79 Å². The Morgan fingerprint density at radius 1 is 1.15 bits per heavy atom. The van der Waals surface area contributed by atoms with Crippen molar-refractivity contribution in [3.63, 3.8) is 0 Å². The Morgan fingerprint density at radius 3 is 2.80 bits per heavy atom. The molecule has 20 heavy (non-hydrogen) atoms. The van der Waals surface area contributed by atoms with Crippen LogP contribution in [-0.2, 0) is 17.8 Å². The Labute approximate surface area is 118 Å². The van der Waals surface area contributed by atoms with E-state index in [1.54, 1.807) is 0 Å². The lowest BCUT2D eigenvalue weighted by Crippen LogP contribution is -2.23. The summed E-state index contributed by atoms with van der Waals surface area (Å²) in [6, 6.07) is 14.6. The fourth-order valence-corrected chi connectivity index (χ4v) is 2.66. The highest BCUT2D eigenvalue weighted by molar-refractivity contribution is 5.78. The molecule has 0 heterocycles. The van der Waals surface area contributed by atoms with Crippen molar-refractivity contribution in [2.75, 3.05) is 6.54 Å². The molecule has 1 aliphatic rings. The second-order valence-electron chi connectivity index (χ2n) is 4.78. The summed E-state index contributed by atoms with van der Waals surface area (Å²) >= 11 is 0. The zero-order chi connectivity index (χ0) is 13.9. The molecule has 3 heteroatoms. The Balaban J connectivity index is 1.84. The average Bonchev–Trinajstić information content (AvgIpc) is 2.84. The molecular weight excluding hydrogens is 250 g/mol. The van der Waals surface area contributed by atoms with E-state index in [0.717, 1.165) is 12.0 Å². The van der Waals surface area contributed by atoms with Crippen LogP contribution in [0.3, 0.4) is 0 Å². The number of hydrogen-bond acceptors (Lipinski definition) is 2.